The summed E-state index contributed by atoms with van der Waals surface area (Å²) in [5.74, 6) is 1.20. The van der Waals surface area contributed by atoms with Gasteiger partial charge < -0.3 is 10.2 Å². The van der Waals surface area contributed by atoms with Gasteiger partial charge in [0.25, 0.3) is 0 Å². The number of carbonyl (C=O) groups excluding carboxylic acids is 1. The van der Waals surface area contributed by atoms with E-state index in [2.05, 4.69) is 10.2 Å². The fourth-order valence-corrected chi connectivity index (χ4v) is 4.49. The maximum atomic E-state index is 13.3. The van der Waals surface area contributed by atoms with Crippen LogP contribution in [-0.2, 0) is 10.2 Å². The summed E-state index contributed by atoms with van der Waals surface area (Å²) in [6, 6.07) is 6.27. The van der Waals surface area contributed by atoms with Crippen LogP contribution >= 0.6 is 35.6 Å². The molecular formula is C20H27Cl3N2O. The Morgan fingerprint density at radius 3 is 2.35 bits per heavy atom. The summed E-state index contributed by atoms with van der Waals surface area (Å²) in [6.45, 7) is 2.89. The number of nitrogens with zero attached hydrogens (tertiary/aromatic N) is 1. The number of rotatable bonds is 5. The molecule has 1 aliphatic heterocycles. The van der Waals surface area contributed by atoms with E-state index < -0.39 is 0 Å². The van der Waals surface area contributed by atoms with Crippen LogP contribution in [0.4, 0.5) is 0 Å². The molecule has 0 aromatic heterocycles. The molecule has 0 atom stereocenters. The van der Waals surface area contributed by atoms with Crippen LogP contribution in [0, 0.1) is 5.92 Å². The first-order chi connectivity index (χ1) is 12.1. The molecule has 2 saturated carbocycles. The largest absolute Gasteiger partial charge is 0.342 e. The molecule has 0 spiro atoms. The van der Waals surface area contributed by atoms with Gasteiger partial charge in [0.15, 0.2) is 0 Å². The summed E-state index contributed by atoms with van der Waals surface area (Å²) in [6.07, 6.45) is 7.84. The molecule has 1 heterocycles. The van der Waals surface area contributed by atoms with Gasteiger partial charge in [-0.3, -0.25) is 4.79 Å². The number of hydrogen-bond donors (Lipinski definition) is 1. The Bertz CT molecular complexity index is 650. The number of benzene rings is 1. The van der Waals surface area contributed by atoms with Crippen LogP contribution in [0.25, 0.3) is 0 Å². The first kappa shape index (κ1) is 20.3. The lowest BCUT2D eigenvalue weighted by Crippen LogP contribution is -2.54. The minimum atomic E-state index is -0.373. The summed E-state index contributed by atoms with van der Waals surface area (Å²) in [5.41, 5.74) is 0.662. The Balaban J connectivity index is 0.00000196. The summed E-state index contributed by atoms with van der Waals surface area (Å²) < 4.78 is 0. The van der Waals surface area contributed by atoms with Gasteiger partial charge in [0.1, 0.15) is 0 Å². The van der Waals surface area contributed by atoms with E-state index >= 15 is 0 Å². The molecule has 4 rings (SSSR count). The van der Waals surface area contributed by atoms with E-state index in [0.717, 1.165) is 63.2 Å². The average molecular weight is 418 g/mol. The lowest BCUT2D eigenvalue weighted by atomic mass is 9.63. The van der Waals surface area contributed by atoms with Crippen molar-refractivity contribution in [2.24, 2.45) is 5.92 Å². The number of nitrogens with one attached hydrogen (secondary N) is 1. The fraction of sp³-hybridized carbons (Fsp3) is 0.650. The van der Waals surface area contributed by atoms with Gasteiger partial charge in [0.2, 0.25) is 5.91 Å². The zero-order valence-corrected chi connectivity index (χ0v) is 17.3. The fourth-order valence-electron chi connectivity index (χ4n) is 4.19. The topological polar surface area (TPSA) is 32.3 Å². The van der Waals surface area contributed by atoms with Crippen molar-refractivity contribution in [3.05, 3.63) is 33.8 Å². The smallest absolute Gasteiger partial charge is 0.233 e. The van der Waals surface area contributed by atoms with Gasteiger partial charge in [-0.2, -0.15) is 0 Å². The van der Waals surface area contributed by atoms with Gasteiger partial charge >= 0.3 is 0 Å². The molecule has 26 heavy (non-hydrogen) atoms. The second-order valence-corrected chi connectivity index (χ2v) is 8.80. The number of piperidine rings is 1. The summed E-state index contributed by atoms with van der Waals surface area (Å²) >= 11 is 12.3. The highest BCUT2D eigenvalue weighted by molar-refractivity contribution is 6.42. The predicted octanol–water partition coefficient (Wildman–Crippen LogP) is 4.83. The molecule has 2 aliphatic carbocycles. The van der Waals surface area contributed by atoms with E-state index in [9.17, 15) is 4.79 Å². The quantitative estimate of drug-likeness (QED) is 0.744. The van der Waals surface area contributed by atoms with E-state index in [1.165, 1.54) is 12.8 Å². The molecule has 6 heteroatoms. The number of hydrogen-bond acceptors (Lipinski definition) is 2. The molecule has 1 aromatic rings. The van der Waals surface area contributed by atoms with Crippen LogP contribution in [-0.4, -0.2) is 36.5 Å². The second kappa shape index (κ2) is 8.26. The van der Waals surface area contributed by atoms with Gasteiger partial charge in [0, 0.05) is 19.1 Å². The van der Waals surface area contributed by atoms with Crippen molar-refractivity contribution in [1.82, 2.24) is 10.2 Å². The Morgan fingerprint density at radius 2 is 1.81 bits per heavy atom. The van der Waals surface area contributed by atoms with Gasteiger partial charge in [-0.1, -0.05) is 35.7 Å². The molecule has 3 fully saturated rings. The number of likely N-dealkylation sites (tertiary alicyclic amines) is 1. The highest BCUT2D eigenvalue weighted by Gasteiger charge is 2.48. The van der Waals surface area contributed by atoms with E-state index in [1.54, 1.807) is 0 Å². The number of carbonyl (C=O) groups is 1. The molecule has 1 saturated heterocycles. The number of halogens is 3. The van der Waals surface area contributed by atoms with E-state index in [4.69, 9.17) is 23.2 Å². The van der Waals surface area contributed by atoms with Crippen LogP contribution in [0.5, 0.6) is 0 Å². The molecule has 0 radical (unpaired) electrons. The lowest BCUT2D eigenvalue weighted by Gasteiger charge is -2.45. The summed E-state index contributed by atoms with van der Waals surface area (Å²) in [5, 5.41) is 4.78. The van der Waals surface area contributed by atoms with Gasteiger partial charge in [-0.05, 0) is 68.7 Å². The molecule has 3 aliphatic rings. The highest BCUT2D eigenvalue weighted by atomic mass is 35.5. The average Bonchev–Trinajstić information content (AvgIpc) is 3.40. The Hall–Kier alpha value is -0.480. The van der Waals surface area contributed by atoms with Crippen molar-refractivity contribution in [2.75, 3.05) is 19.6 Å². The molecule has 3 nitrogen and oxygen atoms in total. The number of amides is 1. The van der Waals surface area contributed by atoms with Crippen molar-refractivity contribution in [3.63, 3.8) is 0 Å². The van der Waals surface area contributed by atoms with Gasteiger partial charge in [-0.25, -0.2) is 0 Å². The highest BCUT2D eigenvalue weighted by Crippen LogP contribution is 2.46. The predicted molar refractivity (Wildman–Crippen MR) is 110 cm³/mol. The molecule has 0 bridgehead atoms. The molecule has 0 unspecified atom stereocenters. The minimum absolute atomic E-state index is 0. The SMILES string of the molecule is Cl.O=C(N1CCC(NCC2CC2)CC1)C1(c2ccc(Cl)c(Cl)c2)CCC1. The van der Waals surface area contributed by atoms with E-state index in [-0.39, 0.29) is 23.7 Å². The maximum Gasteiger partial charge on any atom is 0.233 e. The molecule has 1 amide bonds. The van der Waals surface area contributed by atoms with Crippen molar-refractivity contribution < 1.29 is 4.79 Å². The molecule has 1 aromatic carbocycles. The van der Waals surface area contributed by atoms with E-state index in [1.807, 2.05) is 18.2 Å². The van der Waals surface area contributed by atoms with Crippen molar-refractivity contribution in [3.8, 4) is 0 Å². The van der Waals surface area contributed by atoms with Crippen LogP contribution in [0.1, 0.15) is 50.5 Å². The van der Waals surface area contributed by atoms with Gasteiger partial charge in [0.05, 0.1) is 15.5 Å². The third-order valence-corrected chi connectivity index (χ3v) is 7.00. The Kier molecular flexibility index (Phi) is 6.44. The standard InChI is InChI=1S/C20H26Cl2N2O.ClH/c21-17-5-4-15(12-18(17)22)20(8-1-9-20)19(25)24-10-6-16(7-11-24)23-13-14-2-3-14;/h4-5,12,14,16,23H,1-3,6-11,13H2;1H. The molecule has 1 N–H and O–H groups in total. The van der Waals surface area contributed by atoms with Crippen molar-refractivity contribution in [2.45, 2.75) is 56.4 Å². The first-order valence-corrected chi connectivity index (χ1v) is 10.3. The van der Waals surface area contributed by atoms with Gasteiger partial charge in [-0.15, -0.1) is 12.4 Å². The second-order valence-electron chi connectivity index (χ2n) is 7.98. The summed E-state index contributed by atoms with van der Waals surface area (Å²) in [4.78, 5) is 15.4. The maximum absolute atomic E-state index is 13.3. The third-order valence-electron chi connectivity index (χ3n) is 6.26. The van der Waals surface area contributed by atoms with Crippen LogP contribution in [0.3, 0.4) is 0 Å². The van der Waals surface area contributed by atoms with Crippen molar-refractivity contribution in [1.29, 1.82) is 0 Å². The third kappa shape index (κ3) is 4.01. The van der Waals surface area contributed by atoms with Crippen molar-refractivity contribution >= 4 is 41.5 Å². The zero-order valence-electron chi connectivity index (χ0n) is 15.0. The zero-order chi connectivity index (χ0) is 17.4. The van der Waals surface area contributed by atoms with E-state index in [0.29, 0.717) is 16.1 Å². The molecular weight excluding hydrogens is 391 g/mol. The Morgan fingerprint density at radius 1 is 1.12 bits per heavy atom. The van der Waals surface area contributed by atoms with Crippen LogP contribution in [0.2, 0.25) is 10.0 Å². The Labute approximate surface area is 172 Å². The minimum Gasteiger partial charge on any atom is -0.342 e. The van der Waals surface area contributed by atoms with Crippen LogP contribution < -0.4 is 5.32 Å². The normalized spacial score (nSPS) is 22.5. The van der Waals surface area contributed by atoms with Crippen LogP contribution in [0.15, 0.2) is 18.2 Å². The monoisotopic (exact) mass is 416 g/mol. The molecule has 144 valence electrons. The summed E-state index contributed by atoms with van der Waals surface area (Å²) in [7, 11) is 0. The first-order valence-electron chi connectivity index (χ1n) is 9.57. The lowest BCUT2D eigenvalue weighted by molar-refractivity contribution is -0.142.